The Morgan fingerprint density at radius 2 is 2.25 bits per heavy atom. The number of aromatic amines is 1. The molecule has 0 amide bonds. The number of halogens is 2. The lowest BCUT2D eigenvalue weighted by atomic mass is 10.2. The molecule has 3 rings (SSSR count). The van der Waals surface area contributed by atoms with Crippen LogP contribution in [0, 0.1) is 5.95 Å². The Kier molecular flexibility index (Phi) is 3.37. The Labute approximate surface area is 118 Å². The van der Waals surface area contributed by atoms with Crippen LogP contribution in [0.25, 0.3) is 11.4 Å². The summed E-state index contributed by atoms with van der Waals surface area (Å²) >= 11 is 5.87. The van der Waals surface area contributed by atoms with Crippen LogP contribution in [-0.2, 0) is 0 Å². The van der Waals surface area contributed by atoms with Gasteiger partial charge in [-0.2, -0.15) is 9.37 Å². The third kappa shape index (κ3) is 2.50. The first-order valence-corrected chi connectivity index (χ1v) is 6.30. The number of hydrogen-bond acceptors (Lipinski definition) is 5. The highest BCUT2D eigenvalue weighted by Gasteiger charge is 2.22. The highest BCUT2D eigenvalue weighted by atomic mass is 35.5. The lowest BCUT2D eigenvalue weighted by Gasteiger charge is -2.27. The molecule has 0 spiro atoms. The fourth-order valence-corrected chi connectivity index (χ4v) is 1.84. The molecule has 0 bridgehead atoms. The second-order valence-corrected chi connectivity index (χ2v) is 4.68. The van der Waals surface area contributed by atoms with Crippen molar-refractivity contribution in [3.8, 4) is 17.3 Å². The Morgan fingerprint density at radius 3 is 2.90 bits per heavy atom. The van der Waals surface area contributed by atoms with Gasteiger partial charge in [-0.3, -0.25) is 4.79 Å². The minimum atomic E-state index is -0.661. The lowest BCUT2D eigenvalue weighted by Crippen LogP contribution is -2.50. The highest BCUT2D eigenvalue weighted by Crippen LogP contribution is 2.23. The first-order chi connectivity index (χ1) is 9.63. The van der Waals surface area contributed by atoms with Gasteiger partial charge in [0.2, 0.25) is 11.8 Å². The smallest absolute Gasteiger partial charge is 0.273 e. The lowest BCUT2D eigenvalue weighted by molar-refractivity contribution is 0.136. The summed E-state index contributed by atoms with van der Waals surface area (Å²) in [5.74, 6) is -0.428. The maximum Gasteiger partial charge on any atom is 0.273 e. The third-order valence-electron chi connectivity index (χ3n) is 2.85. The van der Waals surface area contributed by atoms with E-state index in [1.165, 1.54) is 18.3 Å². The first kappa shape index (κ1) is 13.0. The van der Waals surface area contributed by atoms with Crippen LogP contribution >= 0.6 is 11.6 Å². The van der Waals surface area contributed by atoms with Crippen LogP contribution in [-0.4, -0.2) is 34.1 Å². The number of ether oxygens (including phenoxy) is 1. The van der Waals surface area contributed by atoms with Gasteiger partial charge in [0.15, 0.2) is 5.02 Å². The molecule has 104 valence electrons. The summed E-state index contributed by atoms with van der Waals surface area (Å²) in [4.78, 5) is 21.8. The Morgan fingerprint density at radius 1 is 1.45 bits per heavy atom. The van der Waals surface area contributed by atoms with Crippen molar-refractivity contribution in [1.29, 1.82) is 0 Å². The average molecular weight is 297 g/mol. The number of rotatable bonds is 3. The van der Waals surface area contributed by atoms with E-state index < -0.39 is 11.5 Å². The SMILES string of the molecule is O=c1[nH]c(-c2ccnc(F)c2)nc(OC2CNC2)c1Cl. The Bertz CT molecular complexity index is 702. The van der Waals surface area contributed by atoms with Gasteiger partial charge in [-0.25, -0.2) is 4.98 Å². The van der Waals surface area contributed by atoms with Gasteiger partial charge in [0.05, 0.1) is 0 Å². The number of pyridine rings is 1. The predicted molar refractivity (Wildman–Crippen MR) is 70.3 cm³/mol. The molecule has 2 aromatic rings. The standard InChI is InChI=1S/C12H10ClFN4O2/c13-9-11(19)17-10(6-1-2-16-8(14)3-6)18-12(9)20-7-4-15-5-7/h1-3,7,15H,4-5H2,(H,17,18,19). The molecule has 2 N–H and O–H groups in total. The van der Waals surface area contributed by atoms with E-state index in [4.69, 9.17) is 16.3 Å². The molecule has 6 nitrogen and oxygen atoms in total. The zero-order valence-corrected chi connectivity index (χ0v) is 10.9. The van der Waals surface area contributed by atoms with E-state index in [1.807, 2.05) is 0 Å². The summed E-state index contributed by atoms with van der Waals surface area (Å²) in [5.41, 5.74) is -0.140. The van der Waals surface area contributed by atoms with Crippen molar-refractivity contribution in [2.45, 2.75) is 6.10 Å². The quantitative estimate of drug-likeness (QED) is 0.825. The van der Waals surface area contributed by atoms with E-state index in [0.717, 1.165) is 0 Å². The molecule has 0 unspecified atom stereocenters. The molecule has 0 radical (unpaired) electrons. The minimum Gasteiger partial charge on any atom is -0.470 e. The Hall–Kier alpha value is -1.99. The van der Waals surface area contributed by atoms with Gasteiger partial charge in [-0.15, -0.1) is 0 Å². The van der Waals surface area contributed by atoms with Crippen LogP contribution in [0.1, 0.15) is 0 Å². The van der Waals surface area contributed by atoms with Crippen LogP contribution in [0.4, 0.5) is 4.39 Å². The van der Waals surface area contributed by atoms with Crippen LogP contribution in [0.15, 0.2) is 23.1 Å². The normalized spacial score (nSPS) is 14.9. The summed E-state index contributed by atoms with van der Waals surface area (Å²) in [6.45, 7) is 1.34. The van der Waals surface area contributed by atoms with E-state index in [9.17, 15) is 9.18 Å². The summed E-state index contributed by atoms with van der Waals surface area (Å²) in [5, 5.41) is 2.91. The molecule has 8 heteroatoms. The van der Waals surface area contributed by atoms with Gasteiger partial charge in [0, 0.05) is 30.9 Å². The fourth-order valence-electron chi connectivity index (χ4n) is 1.71. The van der Waals surface area contributed by atoms with Crippen molar-refractivity contribution < 1.29 is 9.13 Å². The van der Waals surface area contributed by atoms with E-state index in [1.54, 1.807) is 0 Å². The van der Waals surface area contributed by atoms with E-state index in [-0.39, 0.29) is 22.8 Å². The molecule has 0 atom stereocenters. The zero-order valence-electron chi connectivity index (χ0n) is 10.2. The van der Waals surface area contributed by atoms with Crippen LogP contribution < -0.4 is 15.6 Å². The van der Waals surface area contributed by atoms with Gasteiger partial charge in [0.25, 0.3) is 5.56 Å². The molecule has 1 aliphatic heterocycles. The predicted octanol–water partition coefficient (Wildman–Crippen LogP) is 0.975. The van der Waals surface area contributed by atoms with Crippen molar-refractivity contribution in [3.05, 3.63) is 39.7 Å². The van der Waals surface area contributed by atoms with Crippen LogP contribution in [0.5, 0.6) is 5.88 Å². The number of H-pyrrole nitrogens is 1. The molecule has 3 heterocycles. The number of nitrogens with one attached hydrogen (secondary N) is 2. The second-order valence-electron chi connectivity index (χ2n) is 4.30. The molecule has 1 fully saturated rings. The number of hydrogen-bond donors (Lipinski definition) is 2. The third-order valence-corrected chi connectivity index (χ3v) is 3.19. The number of nitrogens with zero attached hydrogens (tertiary/aromatic N) is 2. The van der Waals surface area contributed by atoms with Gasteiger partial charge in [0.1, 0.15) is 11.9 Å². The summed E-state index contributed by atoms with van der Waals surface area (Å²) in [7, 11) is 0. The van der Waals surface area contributed by atoms with Gasteiger partial charge < -0.3 is 15.0 Å². The maximum absolute atomic E-state index is 13.1. The van der Waals surface area contributed by atoms with Gasteiger partial charge >= 0.3 is 0 Å². The van der Waals surface area contributed by atoms with E-state index >= 15 is 0 Å². The van der Waals surface area contributed by atoms with Crippen molar-refractivity contribution >= 4 is 11.6 Å². The second kappa shape index (κ2) is 5.18. The monoisotopic (exact) mass is 296 g/mol. The summed E-state index contributed by atoms with van der Waals surface area (Å²) in [6.07, 6.45) is 1.22. The molecule has 1 aliphatic rings. The summed E-state index contributed by atoms with van der Waals surface area (Å²) in [6, 6.07) is 2.70. The van der Waals surface area contributed by atoms with Crippen LogP contribution in [0.3, 0.4) is 0 Å². The maximum atomic E-state index is 13.1. The molecular formula is C12H10ClFN4O2. The van der Waals surface area contributed by atoms with E-state index in [2.05, 4.69) is 20.3 Å². The van der Waals surface area contributed by atoms with Crippen molar-refractivity contribution in [2.24, 2.45) is 0 Å². The van der Waals surface area contributed by atoms with E-state index in [0.29, 0.717) is 18.7 Å². The zero-order chi connectivity index (χ0) is 14.1. The van der Waals surface area contributed by atoms with Crippen molar-refractivity contribution in [2.75, 3.05) is 13.1 Å². The van der Waals surface area contributed by atoms with Gasteiger partial charge in [-0.1, -0.05) is 11.6 Å². The van der Waals surface area contributed by atoms with Crippen molar-refractivity contribution in [3.63, 3.8) is 0 Å². The molecule has 20 heavy (non-hydrogen) atoms. The highest BCUT2D eigenvalue weighted by molar-refractivity contribution is 6.31. The first-order valence-electron chi connectivity index (χ1n) is 5.92. The minimum absolute atomic E-state index is 0.0501. The molecule has 0 aromatic carbocycles. The largest absolute Gasteiger partial charge is 0.470 e. The van der Waals surface area contributed by atoms with Crippen LogP contribution in [0.2, 0.25) is 5.02 Å². The molecule has 0 saturated carbocycles. The fraction of sp³-hybridized carbons (Fsp3) is 0.250. The molecule has 0 aliphatic carbocycles. The number of aromatic nitrogens is 3. The Balaban J connectivity index is 2.01. The van der Waals surface area contributed by atoms with Gasteiger partial charge in [-0.05, 0) is 6.07 Å². The molecular weight excluding hydrogens is 287 g/mol. The summed E-state index contributed by atoms with van der Waals surface area (Å²) < 4.78 is 18.6. The molecule has 2 aromatic heterocycles. The average Bonchev–Trinajstić information content (AvgIpc) is 2.38. The topological polar surface area (TPSA) is 79.9 Å². The van der Waals surface area contributed by atoms with Crippen molar-refractivity contribution in [1.82, 2.24) is 20.3 Å². The molecule has 1 saturated heterocycles.